The van der Waals surface area contributed by atoms with Crippen molar-refractivity contribution in [3.05, 3.63) is 35.9 Å². The first-order valence-electron chi connectivity index (χ1n) is 11.1. The number of cyclic esters (lactones) is 1. The number of carbonyl (C=O) groups excluding carboxylic acids is 1. The van der Waals surface area contributed by atoms with Gasteiger partial charge in [0.1, 0.15) is 0 Å². The molecule has 3 nitrogen and oxygen atoms in total. The van der Waals surface area contributed by atoms with E-state index < -0.39 is 18.4 Å². The molecule has 0 bridgehead atoms. The molecule has 2 rings (SSSR count). The zero-order chi connectivity index (χ0) is 19.7. The van der Waals surface area contributed by atoms with Crippen molar-refractivity contribution in [2.75, 3.05) is 6.61 Å². The molecule has 1 saturated heterocycles. The van der Waals surface area contributed by atoms with Gasteiger partial charge in [0.2, 0.25) is 0 Å². The van der Waals surface area contributed by atoms with E-state index in [1.165, 1.54) is 57.4 Å². The van der Waals surface area contributed by atoms with E-state index in [9.17, 15) is 4.79 Å². The average Bonchev–Trinajstić information content (AvgIpc) is 3.09. The Balaban J connectivity index is 2.34. The molecular weight excluding hydrogens is 441 g/mol. The summed E-state index contributed by atoms with van der Waals surface area (Å²) in [6, 6.07) is 10.6. The van der Waals surface area contributed by atoms with Crippen LogP contribution in [0.25, 0.3) is 0 Å². The number of rotatable bonds is 12. The van der Waals surface area contributed by atoms with E-state index in [-0.39, 0.29) is 12.1 Å². The van der Waals surface area contributed by atoms with Crippen LogP contribution in [-0.2, 0) is 4.74 Å². The van der Waals surface area contributed by atoms with Crippen molar-refractivity contribution in [3.8, 4) is 0 Å². The molecule has 2 atom stereocenters. The van der Waals surface area contributed by atoms with Gasteiger partial charge in [0.15, 0.2) is 0 Å². The third-order valence-electron chi connectivity index (χ3n) is 6.48. The van der Waals surface area contributed by atoms with E-state index >= 15 is 0 Å². The van der Waals surface area contributed by atoms with Crippen LogP contribution in [0.4, 0.5) is 4.79 Å². The fourth-order valence-electron chi connectivity index (χ4n) is 4.68. The molecular formula is C23H39NO2Sn. The second-order valence-corrected chi connectivity index (χ2v) is 22.7. The van der Waals surface area contributed by atoms with E-state index in [1.807, 2.05) is 6.07 Å². The molecule has 0 saturated carbocycles. The predicted octanol–water partition coefficient (Wildman–Crippen LogP) is 6.96. The molecule has 4 heteroatoms. The van der Waals surface area contributed by atoms with Gasteiger partial charge in [-0.2, -0.15) is 0 Å². The third-order valence-corrected chi connectivity index (χ3v) is 23.9. The first-order valence-corrected chi connectivity index (χ1v) is 18.8. The Morgan fingerprint density at radius 2 is 1.52 bits per heavy atom. The van der Waals surface area contributed by atoms with Gasteiger partial charge in [-0.05, 0) is 0 Å². The molecule has 0 N–H and O–H groups in total. The van der Waals surface area contributed by atoms with Gasteiger partial charge >= 0.3 is 171 Å². The van der Waals surface area contributed by atoms with E-state index in [0.29, 0.717) is 10.7 Å². The SMILES string of the molecule is CCC[CH2][Sn]([CH2]CCC)([CH2]CCC)[C@@H](C)N1C(=O)OC[C@@H]1c1ccccc1. The standard InChI is InChI=1S/C11H12NO2.3C4H9.Sn/c1-2-12-10(8-14-11(12)13)9-6-4-3-5-7-9;3*1-3-4-2;/h2-7,10H,8H2,1H3;3*1,3-4H2,2H3;/t10-;;;;/m1..../s1. The van der Waals surface area contributed by atoms with Crippen LogP contribution in [0.1, 0.15) is 77.8 Å². The van der Waals surface area contributed by atoms with Crippen molar-refractivity contribution in [2.24, 2.45) is 0 Å². The molecule has 1 fully saturated rings. The molecule has 27 heavy (non-hydrogen) atoms. The number of ether oxygens (including phenoxy) is 1. The van der Waals surface area contributed by atoms with E-state index in [4.69, 9.17) is 4.74 Å². The Hall–Kier alpha value is -0.711. The van der Waals surface area contributed by atoms with Gasteiger partial charge in [0.25, 0.3) is 0 Å². The number of carbonyl (C=O) groups is 1. The monoisotopic (exact) mass is 481 g/mol. The first-order chi connectivity index (χ1) is 13.1. The molecule has 1 amide bonds. The zero-order valence-electron chi connectivity index (χ0n) is 17.9. The molecule has 152 valence electrons. The third kappa shape index (κ3) is 5.65. The number of unbranched alkanes of at least 4 members (excludes halogenated alkanes) is 3. The number of hydrogen-bond acceptors (Lipinski definition) is 2. The number of hydrogen-bond donors (Lipinski definition) is 0. The van der Waals surface area contributed by atoms with Crippen LogP contribution in [0.5, 0.6) is 0 Å². The summed E-state index contributed by atoms with van der Waals surface area (Å²) in [6.45, 7) is 9.79. The van der Waals surface area contributed by atoms with Gasteiger partial charge in [0.05, 0.1) is 0 Å². The van der Waals surface area contributed by atoms with E-state index in [2.05, 4.69) is 56.9 Å². The molecule has 0 radical (unpaired) electrons. The summed E-state index contributed by atoms with van der Waals surface area (Å²) in [7, 11) is 0. The van der Waals surface area contributed by atoms with Crippen LogP contribution >= 0.6 is 0 Å². The number of amides is 1. The Kier molecular flexibility index (Phi) is 9.47. The van der Waals surface area contributed by atoms with Crippen LogP contribution in [-0.4, -0.2) is 40.0 Å². The Bertz CT molecular complexity index is 541. The number of nitrogens with zero attached hydrogens (tertiary/aromatic N) is 1. The fourth-order valence-corrected chi connectivity index (χ4v) is 21.9. The molecule has 0 aromatic heterocycles. The quantitative estimate of drug-likeness (QED) is 0.303. The van der Waals surface area contributed by atoms with Gasteiger partial charge in [-0.1, -0.05) is 0 Å². The Labute approximate surface area is 170 Å². The first kappa shape index (κ1) is 22.6. The van der Waals surface area contributed by atoms with Crippen LogP contribution in [0.2, 0.25) is 13.3 Å². The maximum absolute atomic E-state index is 12.8. The van der Waals surface area contributed by atoms with Crippen LogP contribution in [0.15, 0.2) is 30.3 Å². The molecule has 1 heterocycles. The number of benzene rings is 1. The second-order valence-electron chi connectivity index (χ2n) is 8.26. The molecule has 0 spiro atoms. The molecule has 0 unspecified atom stereocenters. The van der Waals surface area contributed by atoms with E-state index in [0.717, 1.165) is 0 Å². The van der Waals surface area contributed by atoms with Crippen molar-refractivity contribution < 1.29 is 9.53 Å². The zero-order valence-corrected chi connectivity index (χ0v) is 20.7. The molecule has 0 aliphatic carbocycles. The summed E-state index contributed by atoms with van der Waals surface area (Å²) >= 11 is -2.55. The predicted molar refractivity (Wildman–Crippen MR) is 117 cm³/mol. The summed E-state index contributed by atoms with van der Waals surface area (Å²) in [6.07, 6.45) is 7.68. The van der Waals surface area contributed by atoms with Crippen LogP contribution < -0.4 is 0 Å². The van der Waals surface area contributed by atoms with E-state index in [1.54, 1.807) is 0 Å². The average molecular weight is 480 g/mol. The van der Waals surface area contributed by atoms with Gasteiger partial charge in [0, 0.05) is 0 Å². The van der Waals surface area contributed by atoms with Crippen molar-refractivity contribution in [1.82, 2.24) is 4.90 Å². The van der Waals surface area contributed by atoms with Gasteiger partial charge in [-0.15, -0.1) is 0 Å². The second kappa shape index (κ2) is 11.3. The van der Waals surface area contributed by atoms with Crippen molar-refractivity contribution in [3.63, 3.8) is 0 Å². The van der Waals surface area contributed by atoms with Gasteiger partial charge in [-0.25, -0.2) is 0 Å². The maximum atomic E-state index is 12.8. The molecule has 1 aromatic carbocycles. The summed E-state index contributed by atoms with van der Waals surface area (Å²) in [4.78, 5) is 15.0. The summed E-state index contributed by atoms with van der Waals surface area (Å²) < 4.78 is 10.2. The molecule has 1 aromatic rings. The topological polar surface area (TPSA) is 29.5 Å². The normalized spacial score (nSPS) is 18.6. The summed E-state index contributed by atoms with van der Waals surface area (Å²) in [5.41, 5.74) is 1.22. The van der Waals surface area contributed by atoms with Crippen molar-refractivity contribution in [2.45, 2.75) is 89.6 Å². The minimum absolute atomic E-state index is 0.0816. The van der Waals surface area contributed by atoms with Crippen LogP contribution in [0, 0.1) is 0 Å². The minimum atomic E-state index is -2.55. The molecule has 1 aliphatic rings. The van der Waals surface area contributed by atoms with Gasteiger partial charge in [-0.3, -0.25) is 0 Å². The Morgan fingerprint density at radius 1 is 1.00 bits per heavy atom. The summed E-state index contributed by atoms with van der Waals surface area (Å²) in [5, 5.41) is 0. The van der Waals surface area contributed by atoms with Crippen molar-refractivity contribution >= 4 is 24.5 Å². The van der Waals surface area contributed by atoms with Crippen molar-refractivity contribution in [1.29, 1.82) is 0 Å². The Morgan fingerprint density at radius 3 is 2.00 bits per heavy atom. The molecule has 1 aliphatic heterocycles. The fraction of sp³-hybridized carbons (Fsp3) is 0.696. The van der Waals surface area contributed by atoms with Gasteiger partial charge < -0.3 is 0 Å². The summed E-state index contributed by atoms with van der Waals surface area (Å²) in [5.74, 6) is 0. The van der Waals surface area contributed by atoms with Crippen LogP contribution in [0.3, 0.4) is 0 Å².